The molecule has 0 amide bonds. The predicted octanol–water partition coefficient (Wildman–Crippen LogP) is 1.24. The Morgan fingerprint density at radius 2 is 1.79 bits per heavy atom. The van der Waals surface area contributed by atoms with Crippen molar-refractivity contribution in [2.75, 3.05) is 5.73 Å². The van der Waals surface area contributed by atoms with Crippen molar-refractivity contribution < 1.29 is 24.7 Å². The van der Waals surface area contributed by atoms with E-state index in [1.807, 2.05) is 4.98 Å². The largest absolute Gasteiger partial charge is 0.478 e. The number of nitrogen functional groups attached to an aromatic ring is 1. The number of pyridine rings is 1. The molecule has 0 aliphatic heterocycles. The summed E-state index contributed by atoms with van der Waals surface area (Å²) < 4.78 is 0. The van der Waals surface area contributed by atoms with E-state index in [1.54, 1.807) is 0 Å². The maximum Gasteiger partial charge on any atom is 0.342 e. The van der Waals surface area contributed by atoms with Crippen molar-refractivity contribution in [3.8, 4) is 11.1 Å². The minimum Gasteiger partial charge on any atom is -0.478 e. The molecule has 0 saturated heterocycles. The molecule has 1 aromatic heterocycles. The SMILES string of the molecule is Cc1cccc(-c2c(C(=O)O)c(N)[nH]c(=O)c2C(=O)O)c1[N+](=O)[O-]. The number of H-pyrrole nitrogens is 1. The lowest BCUT2D eigenvalue weighted by Crippen LogP contribution is -2.24. The molecule has 2 aromatic rings. The second-order valence-electron chi connectivity index (χ2n) is 4.83. The maximum absolute atomic E-state index is 11.9. The number of hydrogen-bond donors (Lipinski definition) is 4. The van der Waals surface area contributed by atoms with E-state index in [1.165, 1.54) is 19.1 Å². The zero-order valence-electron chi connectivity index (χ0n) is 12.2. The molecular formula is C14H11N3O7. The molecule has 10 heteroatoms. The Hall–Kier alpha value is -3.69. The normalized spacial score (nSPS) is 10.4. The number of nitro benzene ring substituents is 1. The lowest BCUT2D eigenvalue weighted by Gasteiger charge is -2.13. The molecule has 0 aliphatic carbocycles. The zero-order chi connectivity index (χ0) is 18.2. The van der Waals surface area contributed by atoms with Gasteiger partial charge in [-0.15, -0.1) is 0 Å². The summed E-state index contributed by atoms with van der Waals surface area (Å²) in [5.41, 5.74) is 1.43. The van der Waals surface area contributed by atoms with Gasteiger partial charge in [0.25, 0.3) is 11.2 Å². The van der Waals surface area contributed by atoms with E-state index >= 15 is 0 Å². The maximum atomic E-state index is 11.9. The van der Waals surface area contributed by atoms with Crippen molar-refractivity contribution in [3.05, 3.63) is 55.4 Å². The van der Waals surface area contributed by atoms with Gasteiger partial charge in [0.15, 0.2) is 0 Å². The first-order valence-corrected chi connectivity index (χ1v) is 6.43. The molecule has 0 bridgehead atoms. The summed E-state index contributed by atoms with van der Waals surface area (Å²) in [5.74, 6) is -3.95. The molecule has 1 aromatic carbocycles. The molecule has 124 valence electrons. The Balaban J connectivity index is 3.12. The second kappa shape index (κ2) is 5.83. The van der Waals surface area contributed by atoms with Crippen molar-refractivity contribution in [2.24, 2.45) is 0 Å². The first-order valence-electron chi connectivity index (χ1n) is 6.43. The van der Waals surface area contributed by atoms with Gasteiger partial charge in [-0.25, -0.2) is 9.59 Å². The van der Waals surface area contributed by atoms with Gasteiger partial charge < -0.3 is 20.9 Å². The lowest BCUT2D eigenvalue weighted by molar-refractivity contribution is -0.384. The van der Waals surface area contributed by atoms with Crippen molar-refractivity contribution in [3.63, 3.8) is 0 Å². The van der Waals surface area contributed by atoms with E-state index in [0.717, 1.165) is 6.07 Å². The third-order valence-electron chi connectivity index (χ3n) is 3.36. The highest BCUT2D eigenvalue weighted by atomic mass is 16.6. The van der Waals surface area contributed by atoms with E-state index < -0.39 is 50.6 Å². The quantitative estimate of drug-likeness (QED) is 0.476. The fraction of sp³-hybridized carbons (Fsp3) is 0.0714. The van der Waals surface area contributed by atoms with Crippen LogP contribution in [0.4, 0.5) is 11.5 Å². The van der Waals surface area contributed by atoms with Crippen LogP contribution in [0.25, 0.3) is 11.1 Å². The minimum absolute atomic E-state index is 0.170. The Labute approximate surface area is 133 Å². The van der Waals surface area contributed by atoms with Crippen molar-refractivity contribution in [2.45, 2.75) is 6.92 Å². The monoisotopic (exact) mass is 333 g/mol. The fourth-order valence-corrected chi connectivity index (χ4v) is 2.42. The third kappa shape index (κ3) is 2.56. The number of aromatic nitrogens is 1. The number of nitro groups is 1. The van der Waals surface area contributed by atoms with Crippen LogP contribution in [0.2, 0.25) is 0 Å². The summed E-state index contributed by atoms with van der Waals surface area (Å²) in [6, 6.07) is 3.95. The van der Waals surface area contributed by atoms with Gasteiger partial charge in [0, 0.05) is 11.1 Å². The van der Waals surface area contributed by atoms with Crippen LogP contribution in [0.5, 0.6) is 0 Å². The topological polar surface area (TPSA) is 177 Å². The number of anilines is 1. The minimum atomic E-state index is -1.73. The molecule has 10 nitrogen and oxygen atoms in total. The fourth-order valence-electron chi connectivity index (χ4n) is 2.42. The van der Waals surface area contributed by atoms with Gasteiger partial charge in [0.2, 0.25) is 0 Å². The molecule has 0 aliphatic rings. The standard InChI is InChI=1S/C14H11N3O7/c1-5-3-2-4-6(10(5)17(23)24)7-8(13(19)20)11(15)16-12(18)9(7)14(21)22/h2-4H,1H3,(H,19,20)(H,21,22)(H3,15,16,18). The number of benzene rings is 1. The summed E-state index contributed by atoms with van der Waals surface area (Å²) in [4.78, 5) is 47.4. The number of nitrogens with one attached hydrogen (secondary N) is 1. The summed E-state index contributed by atoms with van der Waals surface area (Å²) >= 11 is 0. The summed E-state index contributed by atoms with van der Waals surface area (Å²) in [6.45, 7) is 1.40. The van der Waals surface area contributed by atoms with Gasteiger partial charge in [-0.2, -0.15) is 0 Å². The first kappa shape index (κ1) is 16.7. The van der Waals surface area contributed by atoms with Gasteiger partial charge >= 0.3 is 11.9 Å². The van der Waals surface area contributed by atoms with E-state index in [0.29, 0.717) is 0 Å². The van der Waals surface area contributed by atoms with Crippen LogP contribution in [-0.2, 0) is 0 Å². The Morgan fingerprint density at radius 1 is 1.21 bits per heavy atom. The van der Waals surface area contributed by atoms with E-state index in [-0.39, 0.29) is 11.1 Å². The predicted molar refractivity (Wildman–Crippen MR) is 82.2 cm³/mol. The molecule has 1 heterocycles. The van der Waals surface area contributed by atoms with Crippen LogP contribution in [-0.4, -0.2) is 32.1 Å². The molecule has 0 saturated carbocycles. The highest BCUT2D eigenvalue weighted by molar-refractivity contribution is 6.08. The first-order chi connectivity index (χ1) is 11.2. The number of carbonyl (C=O) groups is 2. The highest BCUT2D eigenvalue weighted by Gasteiger charge is 2.31. The van der Waals surface area contributed by atoms with Crippen molar-refractivity contribution in [1.82, 2.24) is 4.98 Å². The molecule has 24 heavy (non-hydrogen) atoms. The summed E-state index contributed by atoms with van der Waals surface area (Å²) in [7, 11) is 0. The molecule has 0 fully saturated rings. The van der Waals surface area contributed by atoms with E-state index in [9.17, 15) is 34.7 Å². The van der Waals surface area contributed by atoms with Crippen molar-refractivity contribution in [1.29, 1.82) is 0 Å². The molecule has 2 rings (SSSR count). The van der Waals surface area contributed by atoms with Crippen LogP contribution in [0.3, 0.4) is 0 Å². The number of rotatable bonds is 4. The average Bonchev–Trinajstić information content (AvgIpc) is 2.44. The number of aryl methyl sites for hydroxylation is 1. The zero-order valence-corrected chi connectivity index (χ0v) is 12.2. The van der Waals surface area contributed by atoms with Crippen molar-refractivity contribution >= 4 is 23.4 Å². The number of aromatic amines is 1. The molecular weight excluding hydrogens is 322 g/mol. The lowest BCUT2D eigenvalue weighted by atomic mass is 9.93. The molecule has 0 unspecified atom stereocenters. The van der Waals surface area contributed by atoms with Crippen LogP contribution >= 0.6 is 0 Å². The van der Waals surface area contributed by atoms with Crippen LogP contribution in [0, 0.1) is 17.0 Å². The summed E-state index contributed by atoms with van der Waals surface area (Å²) in [5, 5.41) is 30.0. The number of para-hydroxylation sites is 1. The van der Waals surface area contributed by atoms with Crippen LogP contribution < -0.4 is 11.3 Å². The summed E-state index contributed by atoms with van der Waals surface area (Å²) in [6.07, 6.45) is 0. The molecule has 0 spiro atoms. The number of hydrogen-bond acceptors (Lipinski definition) is 6. The van der Waals surface area contributed by atoms with Gasteiger partial charge in [0.05, 0.1) is 10.5 Å². The molecule has 5 N–H and O–H groups in total. The highest BCUT2D eigenvalue weighted by Crippen LogP contribution is 2.37. The van der Waals surface area contributed by atoms with E-state index in [4.69, 9.17) is 5.73 Å². The smallest absolute Gasteiger partial charge is 0.342 e. The Kier molecular flexibility index (Phi) is 4.05. The molecule has 0 atom stereocenters. The van der Waals surface area contributed by atoms with E-state index in [2.05, 4.69) is 0 Å². The number of carboxylic acids is 2. The Morgan fingerprint density at radius 3 is 2.29 bits per heavy atom. The van der Waals surface area contributed by atoms with Crippen LogP contribution in [0.15, 0.2) is 23.0 Å². The third-order valence-corrected chi connectivity index (χ3v) is 3.36. The number of nitrogens with zero attached hydrogens (tertiary/aromatic N) is 1. The van der Waals surface area contributed by atoms with Gasteiger partial charge in [0.1, 0.15) is 16.9 Å². The average molecular weight is 333 g/mol. The van der Waals surface area contributed by atoms with Gasteiger partial charge in [-0.05, 0) is 13.0 Å². The molecule has 0 radical (unpaired) electrons. The number of carboxylic acid groups (broad SMARTS) is 2. The number of aromatic carboxylic acids is 2. The number of nitrogens with two attached hydrogens (primary N) is 1. The Bertz CT molecular complexity index is 946. The van der Waals surface area contributed by atoms with Gasteiger partial charge in [-0.3, -0.25) is 14.9 Å². The second-order valence-corrected chi connectivity index (χ2v) is 4.83. The van der Waals surface area contributed by atoms with Crippen LogP contribution in [0.1, 0.15) is 26.3 Å². The van der Waals surface area contributed by atoms with Gasteiger partial charge in [-0.1, -0.05) is 12.1 Å².